The van der Waals surface area contributed by atoms with Gasteiger partial charge >= 0.3 is 0 Å². The minimum absolute atomic E-state index is 0.116. The minimum atomic E-state index is 0.116. The number of rotatable bonds is 4. The summed E-state index contributed by atoms with van der Waals surface area (Å²) in [6, 6.07) is 0. The van der Waals surface area contributed by atoms with Crippen LogP contribution in [0.15, 0.2) is 18.7 Å². The zero-order valence-corrected chi connectivity index (χ0v) is 12.1. The third-order valence-corrected chi connectivity index (χ3v) is 4.60. The summed E-state index contributed by atoms with van der Waals surface area (Å²) in [5.74, 6) is 0.668. The Balaban J connectivity index is 1.54. The van der Waals surface area contributed by atoms with Gasteiger partial charge in [-0.25, -0.2) is 9.97 Å². The quantitative estimate of drug-likeness (QED) is 0.841. The van der Waals surface area contributed by atoms with Gasteiger partial charge in [0.2, 0.25) is 0 Å². The van der Waals surface area contributed by atoms with Crippen molar-refractivity contribution in [2.75, 3.05) is 38.3 Å². The zero-order chi connectivity index (χ0) is 13.8. The Morgan fingerprint density at radius 1 is 1.35 bits per heavy atom. The Hall–Kier alpha value is -1.20. The fraction of sp³-hybridized carbons (Fsp3) is 0.733. The van der Waals surface area contributed by atoms with Crippen molar-refractivity contribution in [2.45, 2.75) is 31.3 Å². The fourth-order valence-corrected chi connectivity index (χ4v) is 3.38. The first kappa shape index (κ1) is 13.8. The molecule has 1 aromatic heterocycles. The molecule has 5 nitrogen and oxygen atoms in total. The molecule has 3 rings (SSSR count). The fourth-order valence-electron chi connectivity index (χ4n) is 3.38. The van der Waals surface area contributed by atoms with Gasteiger partial charge in [0, 0.05) is 26.8 Å². The highest BCUT2D eigenvalue weighted by Gasteiger charge is 2.42. The first-order valence-corrected chi connectivity index (χ1v) is 7.44. The van der Waals surface area contributed by atoms with Crippen molar-refractivity contribution < 1.29 is 9.47 Å². The van der Waals surface area contributed by atoms with Gasteiger partial charge in [-0.15, -0.1) is 0 Å². The third-order valence-electron chi connectivity index (χ3n) is 4.60. The summed E-state index contributed by atoms with van der Waals surface area (Å²) in [7, 11) is 1.77. The molecule has 2 fully saturated rings. The molecule has 0 aliphatic carbocycles. The SMILES string of the molecule is COCCC1COC2(CCN(c3cncnc3)CC2)C1. The lowest BCUT2D eigenvalue weighted by Crippen LogP contribution is -2.44. The zero-order valence-electron chi connectivity index (χ0n) is 12.1. The predicted molar refractivity (Wildman–Crippen MR) is 76.8 cm³/mol. The molecule has 0 amide bonds. The molecule has 1 atom stereocenters. The number of piperidine rings is 1. The lowest BCUT2D eigenvalue weighted by Gasteiger charge is -2.39. The maximum absolute atomic E-state index is 6.16. The van der Waals surface area contributed by atoms with Crippen LogP contribution in [-0.4, -0.2) is 49.0 Å². The van der Waals surface area contributed by atoms with E-state index in [4.69, 9.17) is 9.47 Å². The minimum Gasteiger partial charge on any atom is -0.385 e. The van der Waals surface area contributed by atoms with Gasteiger partial charge in [0.15, 0.2) is 0 Å². The Kier molecular flexibility index (Phi) is 4.17. The topological polar surface area (TPSA) is 47.5 Å². The van der Waals surface area contributed by atoms with E-state index in [0.29, 0.717) is 5.92 Å². The van der Waals surface area contributed by atoms with Crippen LogP contribution in [0.3, 0.4) is 0 Å². The van der Waals surface area contributed by atoms with Crippen LogP contribution in [-0.2, 0) is 9.47 Å². The summed E-state index contributed by atoms with van der Waals surface area (Å²) in [5.41, 5.74) is 1.24. The summed E-state index contributed by atoms with van der Waals surface area (Å²) < 4.78 is 11.3. The monoisotopic (exact) mass is 277 g/mol. The lowest BCUT2D eigenvalue weighted by molar-refractivity contribution is -0.0154. The molecule has 3 heterocycles. The van der Waals surface area contributed by atoms with Crippen LogP contribution >= 0.6 is 0 Å². The largest absolute Gasteiger partial charge is 0.385 e. The first-order chi connectivity index (χ1) is 9.81. The van der Waals surface area contributed by atoms with Crippen LogP contribution in [0, 0.1) is 5.92 Å². The molecule has 1 spiro atoms. The molecule has 20 heavy (non-hydrogen) atoms. The summed E-state index contributed by atoms with van der Waals surface area (Å²) in [5, 5.41) is 0. The van der Waals surface area contributed by atoms with Crippen LogP contribution in [0.25, 0.3) is 0 Å². The van der Waals surface area contributed by atoms with Gasteiger partial charge in [0.05, 0.1) is 30.3 Å². The van der Waals surface area contributed by atoms with E-state index in [2.05, 4.69) is 14.9 Å². The number of methoxy groups -OCH3 is 1. The average Bonchev–Trinajstić information content (AvgIpc) is 2.90. The summed E-state index contributed by atoms with van der Waals surface area (Å²) >= 11 is 0. The highest BCUT2D eigenvalue weighted by atomic mass is 16.5. The smallest absolute Gasteiger partial charge is 0.115 e. The number of hydrogen-bond acceptors (Lipinski definition) is 5. The van der Waals surface area contributed by atoms with Gasteiger partial charge in [-0.2, -0.15) is 0 Å². The van der Waals surface area contributed by atoms with Gasteiger partial charge < -0.3 is 14.4 Å². The third kappa shape index (κ3) is 2.94. The molecule has 2 aliphatic heterocycles. The lowest BCUT2D eigenvalue weighted by atomic mass is 9.84. The normalized spacial score (nSPS) is 25.2. The van der Waals surface area contributed by atoms with Crippen molar-refractivity contribution in [3.05, 3.63) is 18.7 Å². The van der Waals surface area contributed by atoms with Crippen molar-refractivity contribution >= 4 is 5.69 Å². The van der Waals surface area contributed by atoms with E-state index < -0.39 is 0 Å². The molecular formula is C15H23N3O2. The number of ether oxygens (including phenoxy) is 2. The Bertz CT molecular complexity index is 418. The molecule has 0 saturated carbocycles. The van der Waals surface area contributed by atoms with E-state index in [-0.39, 0.29) is 5.60 Å². The summed E-state index contributed by atoms with van der Waals surface area (Å²) in [6.45, 7) is 3.81. The molecule has 0 N–H and O–H groups in total. The van der Waals surface area contributed by atoms with E-state index in [1.165, 1.54) is 6.42 Å². The Morgan fingerprint density at radius 2 is 2.10 bits per heavy atom. The molecule has 0 bridgehead atoms. The van der Waals surface area contributed by atoms with Gasteiger partial charge in [-0.3, -0.25) is 0 Å². The summed E-state index contributed by atoms with van der Waals surface area (Å²) in [4.78, 5) is 10.6. The average molecular weight is 277 g/mol. The molecule has 2 aliphatic rings. The molecule has 0 radical (unpaired) electrons. The van der Waals surface area contributed by atoms with Gasteiger partial charge in [-0.1, -0.05) is 0 Å². The van der Waals surface area contributed by atoms with E-state index in [1.807, 2.05) is 12.4 Å². The van der Waals surface area contributed by atoms with Gasteiger partial charge in [-0.05, 0) is 31.6 Å². The van der Waals surface area contributed by atoms with E-state index >= 15 is 0 Å². The number of nitrogens with zero attached hydrogens (tertiary/aromatic N) is 3. The molecule has 5 heteroatoms. The number of anilines is 1. The van der Waals surface area contributed by atoms with Crippen molar-refractivity contribution in [3.8, 4) is 0 Å². The number of aromatic nitrogens is 2. The van der Waals surface area contributed by atoms with Gasteiger partial charge in [0.1, 0.15) is 6.33 Å². The van der Waals surface area contributed by atoms with E-state index in [0.717, 1.165) is 51.3 Å². The highest BCUT2D eigenvalue weighted by molar-refractivity contribution is 5.42. The summed E-state index contributed by atoms with van der Waals surface area (Å²) in [6.07, 6.45) is 9.87. The van der Waals surface area contributed by atoms with Crippen LogP contribution in [0.2, 0.25) is 0 Å². The van der Waals surface area contributed by atoms with Crippen molar-refractivity contribution in [1.29, 1.82) is 0 Å². The molecule has 0 aromatic carbocycles. The second kappa shape index (κ2) is 6.06. The maximum Gasteiger partial charge on any atom is 0.115 e. The van der Waals surface area contributed by atoms with Crippen LogP contribution in [0.5, 0.6) is 0 Å². The van der Waals surface area contributed by atoms with E-state index in [1.54, 1.807) is 13.4 Å². The molecule has 1 aromatic rings. The molecule has 1 unspecified atom stereocenters. The molecule has 2 saturated heterocycles. The Labute approximate surface area is 120 Å². The second-order valence-corrected chi connectivity index (χ2v) is 5.93. The standard InChI is InChI=1S/C15H23N3O2/c1-19-7-2-13-8-15(20-11-13)3-5-18(6-4-15)14-9-16-12-17-10-14/h9-10,12-13H,2-8,11H2,1H3. The predicted octanol–water partition coefficient (Wildman–Crippen LogP) is 1.89. The van der Waals surface area contributed by atoms with Crippen molar-refractivity contribution in [3.63, 3.8) is 0 Å². The maximum atomic E-state index is 6.16. The van der Waals surface area contributed by atoms with Crippen LogP contribution in [0.4, 0.5) is 5.69 Å². The Morgan fingerprint density at radius 3 is 2.80 bits per heavy atom. The highest BCUT2D eigenvalue weighted by Crippen LogP contribution is 2.40. The second-order valence-electron chi connectivity index (χ2n) is 5.93. The van der Waals surface area contributed by atoms with Crippen molar-refractivity contribution in [1.82, 2.24) is 9.97 Å². The molecular weight excluding hydrogens is 254 g/mol. The van der Waals surface area contributed by atoms with Crippen molar-refractivity contribution in [2.24, 2.45) is 5.92 Å². The van der Waals surface area contributed by atoms with E-state index in [9.17, 15) is 0 Å². The van der Waals surface area contributed by atoms with Crippen LogP contribution < -0.4 is 4.90 Å². The van der Waals surface area contributed by atoms with Crippen LogP contribution in [0.1, 0.15) is 25.7 Å². The molecule has 110 valence electrons. The van der Waals surface area contributed by atoms with Gasteiger partial charge in [0.25, 0.3) is 0 Å². The number of hydrogen-bond donors (Lipinski definition) is 0. The first-order valence-electron chi connectivity index (χ1n) is 7.44.